The first-order valence-electron chi connectivity index (χ1n) is 6.26. The zero-order valence-electron chi connectivity index (χ0n) is 12.0. The van der Waals surface area contributed by atoms with Gasteiger partial charge in [0.15, 0.2) is 0 Å². The lowest BCUT2D eigenvalue weighted by atomic mass is 10.2. The predicted molar refractivity (Wildman–Crippen MR) is 80.1 cm³/mol. The Kier molecular flexibility index (Phi) is 9.38. The van der Waals surface area contributed by atoms with E-state index in [9.17, 15) is 0 Å². The van der Waals surface area contributed by atoms with E-state index in [-0.39, 0.29) is 11.8 Å². The van der Waals surface area contributed by atoms with Crippen LogP contribution in [0.4, 0.5) is 0 Å². The molecule has 0 aliphatic heterocycles. The molecule has 108 valence electrons. The lowest BCUT2D eigenvalue weighted by Crippen LogP contribution is -2.26. The topological polar surface area (TPSA) is 95.5 Å². The first kappa shape index (κ1) is 17.3. The third-order valence-corrected chi connectivity index (χ3v) is 2.47. The second-order valence-corrected chi connectivity index (χ2v) is 4.31. The van der Waals surface area contributed by atoms with Crippen molar-refractivity contribution in [3.63, 3.8) is 0 Å². The van der Waals surface area contributed by atoms with E-state index in [1.807, 2.05) is 7.05 Å². The Morgan fingerprint density at radius 1 is 1.53 bits per heavy atom. The Morgan fingerprint density at radius 2 is 2.21 bits per heavy atom. The maximum Gasteiger partial charge on any atom is 0.127 e. The van der Waals surface area contributed by atoms with Gasteiger partial charge in [0.05, 0.1) is 5.71 Å². The summed E-state index contributed by atoms with van der Waals surface area (Å²) in [4.78, 5) is 8.37. The van der Waals surface area contributed by atoms with Gasteiger partial charge >= 0.3 is 0 Å². The van der Waals surface area contributed by atoms with Crippen LogP contribution in [0.15, 0.2) is 28.7 Å². The van der Waals surface area contributed by atoms with Crippen molar-refractivity contribution < 1.29 is 4.84 Å². The molecular formula is C13H25N5O. The van der Waals surface area contributed by atoms with Crippen LogP contribution in [0.25, 0.3) is 0 Å². The Labute approximate surface area is 115 Å². The highest BCUT2D eigenvalue weighted by Gasteiger charge is 2.03. The first-order valence-corrected chi connectivity index (χ1v) is 6.26. The molecule has 0 amide bonds. The molecule has 0 saturated heterocycles. The van der Waals surface area contributed by atoms with Crippen molar-refractivity contribution in [1.82, 2.24) is 10.6 Å². The summed E-state index contributed by atoms with van der Waals surface area (Å²) in [5.41, 5.74) is 0.250. The van der Waals surface area contributed by atoms with E-state index in [1.165, 1.54) is 6.08 Å². The van der Waals surface area contributed by atoms with Crippen LogP contribution in [0.5, 0.6) is 0 Å². The van der Waals surface area contributed by atoms with Crippen molar-refractivity contribution in [1.29, 1.82) is 5.41 Å². The van der Waals surface area contributed by atoms with E-state index in [2.05, 4.69) is 34.1 Å². The molecule has 0 aromatic carbocycles. The van der Waals surface area contributed by atoms with Gasteiger partial charge in [0.25, 0.3) is 0 Å². The Morgan fingerprint density at radius 3 is 2.74 bits per heavy atom. The molecule has 1 atom stereocenters. The Hall–Kier alpha value is -1.66. The summed E-state index contributed by atoms with van der Waals surface area (Å²) >= 11 is 0. The molecule has 0 aliphatic carbocycles. The molecule has 6 heteroatoms. The average molecular weight is 267 g/mol. The Balaban J connectivity index is 4.40. The van der Waals surface area contributed by atoms with Crippen molar-refractivity contribution in [2.45, 2.75) is 32.7 Å². The molecule has 0 heterocycles. The zero-order chi connectivity index (χ0) is 14.7. The van der Waals surface area contributed by atoms with E-state index in [0.29, 0.717) is 11.6 Å². The van der Waals surface area contributed by atoms with Gasteiger partial charge in [0, 0.05) is 18.2 Å². The number of nitrogens with one attached hydrogen (secondary N) is 3. The Bertz CT molecular complexity index is 349. The van der Waals surface area contributed by atoms with E-state index in [4.69, 9.17) is 11.3 Å². The van der Waals surface area contributed by atoms with E-state index < -0.39 is 0 Å². The molecule has 5 N–H and O–H groups in total. The molecule has 0 aromatic heterocycles. The summed E-state index contributed by atoms with van der Waals surface area (Å²) in [6.45, 7) is 8.23. The van der Waals surface area contributed by atoms with E-state index >= 15 is 0 Å². The standard InChI is InChI=1S/C13H25N5O/c1-10(6-5-7-16-3)18-13(17-4)9-12(14)8-11(2)19-15/h8-10,14,16,18H,4-7,15H2,1-3H3/b11-8+,13-9+,14-12?. The zero-order valence-corrected chi connectivity index (χ0v) is 12.0. The molecule has 1 unspecified atom stereocenters. The second-order valence-electron chi connectivity index (χ2n) is 4.31. The number of rotatable bonds is 10. The van der Waals surface area contributed by atoms with E-state index in [1.54, 1.807) is 13.0 Å². The van der Waals surface area contributed by atoms with Gasteiger partial charge in [-0.1, -0.05) is 0 Å². The third-order valence-electron chi connectivity index (χ3n) is 2.47. The fraction of sp³-hybridized carbons (Fsp3) is 0.538. The predicted octanol–water partition coefficient (Wildman–Crippen LogP) is 1.32. The molecule has 0 bridgehead atoms. The second kappa shape index (κ2) is 10.3. The molecule has 0 aromatic rings. The summed E-state index contributed by atoms with van der Waals surface area (Å²) in [5, 5.41) is 14.1. The fourth-order valence-electron chi connectivity index (χ4n) is 1.48. The minimum absolute atomic E-state index is 0.250. The highest BCUT2D eigenvalue weighted by molar-refractivity contribution is 6.02. The van der Waals surface area contributed by atoms with Gasteiger partial charge in [-0.15, -0.1) is 0 Å². The average Bonchev–Trinajstić information content (AvgIpc) is 2.37. The normalized spacial score (nSPS) is 13.9. The summed E-state index contributed by atoms with van der Waals surface area (Å²) in [6, 6.07) is 0.272. The van der Waals surface area contributed by atoms with Crippen LogP contribution in [0.2, 0.25) is 0 Å². The van der Waals surface area contributed by atoms with Crippen LogP contribution in [-0.4, -0.2) is 32.1 Å². The van der Waals surface area contributed by atoms with Crippen LogP contribution in [0.3, 0.4) is 0 Å². The largest absolute Gasteiger partial charge is 0.416 e. The first-order chi connectivity index (χ1) is 9.03. The van der Waals surface area contributed by atoms with Crippen molar-refractivity contribution in [2.75, 3.05) is 13.6 Å². The number of hydrogen-bond donors (Lipinski definition) is 4. The van der Waals surface area contributed by atoms with Gasteiger partial charge in [0.2, 0.25) is 0 Å². The summed E-state index contributed by atoms with van der Waals surface area (Å²) in [5.74, 6) is 6.03. The van der Waals surface area contributed by atoms with Crippen LogP contribution in [0.1, 0.15) is 26.7 Å². The lowest BCUT2D eigenvalue weighted by Gasteiger charge is -2.15. The molecule has 0 spiro atoms. The SMILES string of the molecule is C=N/C(=C\C(=N)/C=C(\C)ON)NC(C)CCCNC. The minimum Gasteiger partial charge on any atom is -0.416 e. The highest BCUT2D eigenvalue weighted by Crippen LogP contribution is 2.02. The maximum atomic E-state index is 7.74. The molecular weight excluding hydrogens is 242 g/mol. The van der Waals surface area contributed by atoms with Crippen LogP contribution < -0.4 is 16.5 Å². The van der Waals surface area contributed by atoms with Crippen molar-refractivity contribution in [2.24, 2.45) is 10.9 Å². The molecule has 19 heavy (non-hydrogen) atoms. The number of nitrogens with zero attached hydrogens (tertiary/aromatic N) is 1. The van der Waals surface area contributed by atoms with Gasteiger partial charge in [-0.3, -0.25) is 0 Å². The quantitative estimate of drug-likeness (QED) is 0.208. The molecule has 0 aliphatic rings. The van der Waals surface area contributed by atoms with Crippen LogP contribution in [0, 0.1) is 5.41 Å². The third kappa shape index (κ3) is 8.98. The summed E-state index contributed by atoms with van der Waals surface area (Å²) in [7, 11) is 1.93. The van der Waals surface area contributed by atoms with Crippen molar-refractivity contribution >= 4 is 12.4 Å². The number of hydrogen-bond acceptors (Lipinski definition) is 6. The smallest absolute Gasteiger partial charge is 0.127 e. The minimum atomic E-state index is 0.250. The molecule has 0 fully saturated rings. The van der Waals surface area contributed by atoms with Crippen molar-refractivity contribution in [3.8, 4) is 0 Å². The van der Waals surface area contributed by atoms with Gasteiger partial charge in [-0.2, -0.15) is 5.90 Å². The number of aliphatic imine (C=N–C) groups is 1. The van der Waals surface area contributed by atoms with Crippen LogP contribution in [-0.2, 0) is 4.84 Å². The van der Waals surface area contributed by atoms with Gasteiger partial charge in [-0.05, 0) is 47.0 Å². The molecule has 0 rings (SSSR count). The molecule has 6 nitrogen and oxygen atoms in total. The van der Waals surface area contributed by atoms with Crippen molar-refractivity contribution in [3.05, 3.63) is 23.7 Å². The van der Waals surface area contributed by atoms with E-state index in [0.717, 1.165) is 19.4 Å². The summed E-state index contributed by atoms with van der Waals surface area (Å²) in [6.07, 6.45) is 5.19. The fourth-order valence-corrected chi connectivity index (χ4v) is 1.48. The lowest BCUT2D eigenvalue weighted by molar-refractivity contribution is 0.223. The highest BCUT2D eigenvalue weighted by atomic mass is 16.6. The maximum absolute atomic E-state index is 7.74. The number of allylic oxidation sites excluding steroid dienone is 3. The summed E-state index contributed by atoms with van der Waals surface area (Å²) < 4.78 is 0. The van der Waals surface area contributed by atoms with Crippen LogP contribution >= 0.6 is 0 Å². The molecule has 0 radical (unpaired) electrons. The monoisotopic (exact) mass is 267 g/mol. The number of nitrogens with two attached hydrogens (primary N) is 1. The van der Waals surface area contributed by atoms with Gasteiger partial charge < -0.3 is 20.9 Å². The molecule has 0 saturated carbocycles. The van der Waals surface area contributed by atoms with Gasteiger partial charge in [0.1, 0.15) is 11.6 Å². The van der Waals surface area contributed by atoms with Gasteiger partial charge in [-0.25, -0.2) is 4.99 Å².